The predicted octanol–water partition coefficient (Wildman–Crippen LogP) is 1.49. The van der Waals surface area contributed by atoms with Crippen molar-refractivity contribution in [1.29, 1.82) is 0 Å². The summed E-state index contributed by atoms with van der Waals surface area (Å²) in [5.74, 6) is -0.123. The molecule has 1 saturated carbocycles. The van der Waals surface area contributed by atoms with Crippen LogP contribution in [-0.2, 0) is 17.9 Å². The highest BCUT2D eigenvalue weighted by Crippen LogP contribution is 2.29. The van der Waals surface area contributed by atoms with E-state index in [0.717, 1.165) is 22.9 Å². The minimum absolute atomic E-state index is 0.0693. The van der Waals surface area contributed by atoms with Crippen molar-refractivity contribution in [3.8, 4) is 0 Å². The number of hydrogen-bond acceptors (Lipinski definition) is 3. The van der Waals surface area contributed by atoms with Crippen molar-refractivity contribution in [1.82, 2.24) is 14.5 Å². The maximum Gasteiger partial charge on any atom is 0.328 e. The van der Waals surface area contributed by atoms with Crippen LogP contribution in [0.5, 0.6) is 0 Å². The molecular formula is C16H16BrN3O3. The molecule has 1 N–H and O–H groups in total. The first-order valence-corrected chi connectivity index (χ1v) is 8.16. The molecule has 0 spiro atoms. The summed E-state index contributed by atoms with van der Waals surface area (Å²) in [6.45, 7) is 0.446. The maximum absolute atomic E-state index is 12.6. The Hall–Kier alpha value is -2.15. The van der Waals surface area contributed by atoms with Gasteiger partial charge >= 0.3 is 5.69 Å². The third kappa shape index (κ3) is 3.98. The Morgan fingerprint density at radius 1 is 1.30 bits per heavy atom. The molecule has 2 aromatic rings. The summed E-state index contributed by atoms with van der Waals surface area (Å²) in [5.41, 5.74) is 0.00405. The van der Waals surface area contributed by atoms with Gasteiger partial charge in [-0.15, -0.1) is 0 Å². The van der Waals surface area contributed by atoms with E-state index in [2.05, 4.69) is 20.9 Å². The van der Waals surface area contributed by atoms with Crippen LogP contribution in [0.1, 0.15) is 18.4 Å². The van der Waals surface area contributed by atoms with Gasteiger partial charge in [0.2, 0.25) is 5.91 Å². The molecule has 0 bridgehead atoms. The summed E-state index contributed by atoms with van der Waals surface area (Å²) in [4.78, 5) is 39.3. The summed E-state index contributed by atoms with van der Waals surface area (Å²) < 4.78 is 2.19. The van der Waals surface area contributed by atoms with Crippen molar-refractivity contribution in [3.63, 3.8) is 0 Å². The van der Waals surface area contributed by atoms with Crippen molar-refractivity contribution in [2.45, 2.75) is 32.0 Å². The molecule has 0 aliphatic heterocycles. The van der Waals surface area contributed by atoms with Gasteiger partial charge < -0.3 is 4.90 Å². The van der Waals surface area contributed by atoms with Gasteiger partial charge in [-0.25, -0.2) is 4.79 Å². The summed E-state index contributed by atoms with van der Waals surface area (Å²) in [6.07, 6.45) is 3.32. The van der Waals surface area contributed by atoms with Crippen LogP contribution in [-0.4, -0.2) is 26.4 Å². The number of aromatic amines is 1. The molecule has 1 heterocycles. The molecule has 23 heavy (non-hydrogen) atoms. The number of nitrogens with one attached hydrogen (secondary N) is 1. The van der Waals surface area contributed by atoms with Gasteiger partial charge in [0.05, 0.1) is 0 Å². The van der Waals surface area contributed by atoms with E-state index < -0.39 is 11.2 Å². The average Bonchev–Trinajstić information content (AvgIpc) is 3.32. The predicted molar refractivity (Wildman–Crippen MR) is 89.0 cm³/mol. The third-order valence-corrected chi connectivity index (χ3v) is 4.25. The number of rotatable bonds is 5. The molecule has 120 valence electrons. The van der Waals surface area contributed by atoms with E-state index >= 15 is 0 Å². The molecule has 7 heteroatoms. The van der Waals surface area contributed by atoms with Crippen molar-refractivity contribution in [2.75, 3.05) is 0 Å². The van der Waals surface area contributed by atoms with Gasteiger partial charge in [-0.2, -0.15) is 0 Å². The van der Waals surface area contributed by atoms with Gasteiger partial charge in [0, 0.05) is 29.3 Å². The zero-order valence-corrected chi connectivity index (χ0v) is 14.0. The maximum atomic E-state index is 12.6. The van der Waals surface area contributed by atoms with Gasteiger partial charge in [-0.1, -0.05) is 28.1 Å². The van der Waals surface area contributed by atoms with E-state index in [1.54, 1.807) is 4.90 Å². The van der Waals surface area contributed by atoms with Crippen LogP contribution in [0.15, 0.2) is 50.6 Å². The summed E-state index contributed by atoms with van der Waals surface area (Å²) in [7, 11) is 0. The zero-order valence-electron chi connectivity index (χ0n) is 12.4. The highest BCUT2D eigenvalue weighted by Gasteiger charge is 2.32. The normalized spacial score (nSPS) is 13.8. The second-order valence-electron chi connectivity index (χ2n) is 5.62. The molecule has 1 aliphatic rings. The highest BCUT2D eigenvalue weighted by molar-refractivity contribution is 9.10. The van der Waals surface area contributed by atoms with Crippen LogP contribution in [0, 0.1) is 0 Å². The van der Waals surface area contributed by atoms with Crippen molar-refractivity contribution in [3.05, 3.63) is 67.4 Å². The Bertz CT molecular complexity index is 839. The minimum atomic E-state index is -0.566. The van der Waals surface area contributed by atoms with Crippen molar-refractivity contribution in [2.24, 2.45) is 0 Å². The number of hydrogen-bond donors (Lipinski definition) is 1. The zero-order chi connectivity index (χ0) is 16.4. The number of carbonyl (C=O) groups excluding carboxylic acids is 1. The molecule has 0 saturated heterocycles. The number of carbonyl (C=O) groups is 1. The summed E-state index contributed by atoms with van der Waals surface area (Å²) >= 11 is 3.43. The van der Waals surface area contributed by atoms with Crippen molar-refractivity contribution < 1.29 is 4.79 Å². The Labute approximate surface area is 140 Å². The molecule has 0 radical (unpaired) electrons. The first-order valence-electron chi connectivity index (χ1n) is 7.36. The van der Waals surface area contributed by atoms with Crippen LogP contribution in [0.3, 0.4) is 0 Å². The molecule has 3 rings (SSSR count). The molecule has 1 aromatic carbocycles. The van der Waals surface area contributed by atoms with Crippen molar-refractivity contribution >= 4 is 21.8 Å². The topological polar surface area (TPSA) is 75.2 Å². The average molecular weight is 378 g/mol. The number of amides is 1. The van der Waals surface area contributed by atoms with E-state index in [4.69, 9.17) is 0 Å². The highest BCUT2D eigenvalue weighted by atomic mass is 79.9. The number of nitrogens with zero attached hydrogens (tertiary/aromatic N) is 2. The Morgan fingerprint density at radius 3 is 2.74 bits per heavy atom. The van der Waals surface area contributed by atoms with Crippen LogP contribution in [0.4, 0.5) is 0 Å². The number of halogens is 1. The lowest BCUT2D eigenvalue weighted by atomic mass is 10.2. The van der Waals surface area contributed by atoms with E-state index in [1.807, 2.05) is 24.3 Å². The number of H-pyrrole nitrogens is 1. The quantitative estimate of drug-likeness (QED) is 0.857. The van der Waals surface area contributed by atoms with Crippen LogP contribution in [0.25, 0.3) is 0 Å². The first-order chi connectivity index (χ1) is 11.0. The van der Waals surface area contributed by atoms with Crippen LogP contribution >= 0.6 is 15.9 Å². The second-order valence-corrected chi connectivity index (χ2v) is 6.54. The van der Waals surface area contributed by atoms with E-state index in [9.17, 15) is 14.4 Å². The molecule has 1 amide bonds. The second kappa shape index (κ2) is 6.54. The molecule has 0 atom stereocenters. The Kier molecular flexibility index (Phi) is 4.47. The largest absolute Gasteiger partial charge is 0.334 e. The molecule has 1 aliphatic carbocycles. The fraction of sp³-hybridized carbons (Fsp3) is 0.312. The fourth-order valence-electron chi connectivity index (χ4n) is 2.44. The third-order valence-electron chi connectivity index (χ3n) is 3.75. The van der Waals surface area contributed by atoms with Gasteiger partial charge in [0.1, 0.15) is 6.54 Å². The van der Waals surface area contributed by atoms with Crippen LogP contribution < -0.4 is 11.2 Å². The minimum Gasteiger partial charge on any atom is -0.334 e. The molecular weight excluding hydrogens is 362 g/mol. The Balaban J connectivity index is 1.77. The molecule has 0 unspecified atom stereocenters. The summed E-state index contributed by atoms with van der Waals surface area (Å²) in [5, 5.41) is 0. The lowest BCUT2D eigenvalue weighted by molar-refractivity contribution is -0.133. The number of aromatic nitrogens is 2. The smallest absolute Gasteiger partial charge is 0.328 e. The first kappa shape index (κ1) is 15.7. The lowest BCUT2D eigenvalue weighted by Gasteiger charge is -2.23. The van der Waals surface area contributed by atoms with E-state index in [1.165, 1.54) is 16.8 Å². The lowest BCUT2D eigenvalue weighted by Crippen LogP contribution is -2.39. The molecule has 6 nitrogen and oxygen atoms in total. The van der Waals surface area contributed by atoms with Gasteiger partial charge in [-0.05, 0) is 30.5 Å². The van der Waals surface area contributed by atoms with Crippen LogP contribution in [0.2, 0.25) is 0 Å². The fourth-order valence-corrected chi connectivity index (χ4v) is 2.89. The van der Waals surface area contributed by atoms with Gasteiger partial charge in [-0.3, -0.25) is 19.1 Å². The monoisotopic (exact) mass is 377 g/mol. The SMILES string of the molecule is O=C(Cn1ccc(=O)[nH]c1=O)N(Cc1cccc(Br)c1)C1CC1. The summed E-state index contributed by atoms with van der Waals surface area (Å²) in [6, 6.07) is 9.30. The van der Waals surface area contributed by atoms with Gasteiger partial charge in [0.15, 0.2) is 0 Å². The molecule has 1 aromatic heterocycles. The molecule has 1 fully saturated rings. The number of benzene rings is 1. The van der Waals surface area contributed by atoms with Gasteiger partial charge in [0.25, 0.3) is 5.56 Å². The van der Waals surface area contributed by atoms with E-state index in [-0.39, 0.29) is 18.5 Å². The standard InChI is InChI=1S/C16H16BrN3O3/c17-12-3-1-2-11(8-12)9-20(13-4-5-13)15(22)10-19-7-6-14(21)18-16(19)23/h1-3,6-8,13H,4-5,9-10H2,(H,18,21,23). The van der Waals surface area contributed by atoms with E-state index in [0.29, 0.717) is 6.54 Å². The Morgan fingerprint density at radius 2 is 2.09 bits per heavy atom.